The molecule has 0 aliphatic carbocycles. The summed E-state index contributed by atoms with van der Waals surface area (Å²) < 4.78 is 6.85. The molecule has 0 radical (unpaired) electrons. The average molecular weight is 329 g/mol. The number of benzene rings is 1. The summed E-state index contributed by atoms with van der Waals surface area (Å²) in [7, 11) is 0. The first-order valence-corrected chi connectivity index (χ1v) is 7.84. The van der Waals surface area contributed by atoms with E-state index in [2.05, 4.69) is 59.1 Å². The Morgan fingerprint density at radius 2 is 1.95 bits per heavy atom. The van der Waals surface area contributed by atoms with E-state index >= 15 is 0 Å². The highest BCUT2D eigenvalue weighted by atomic mass is 79.9. The molecule has 0 saturated heterocycles. The Bertz CT molecular complexity index is 367. The lowest BCUT2D eigenvalue weighted by Crippen LogP contribution is -2.27. The summed E-state index contributed by atoms with van der Waals surface area (Å²) in [6.07, 6.45) is 0. The highest BCUT2D eigenvalue weighted by Gasteiger charge is 2.04. The average Bonchev–Trinajstić information content (AvgIpc) is 2.43. The number of rotatable bonds is 9. The number of halogens is 1. The van der Waals surface area contributed by atoms with Crippen molar-refractivity contribution in [3.63, 3.8) is 0 Å². The first kappa shape index (κ1) is 16.5. The summed E-state index contributed by atoms with van der Waals surface area (Å²) in [6.45, 7) is 12.2. The third kappa shape index (κ3) is 5.93. The number of hydrogen-bond acceptors (Lipinski definition) is 3. The molecule has 108 valence electrons. The van der Waals surface area contributed by atoms with Crippen molar-refractivity contribution in [1.29, 1.82) is 0 Å². The molecule has 19 heavy (non-hydrogen) atoms. The van der Waals surface area contributed by atoms with Crippen molar-refractivity contribution >= 4 is 15.9 Å². The summed E-state index contributed by atoms with van der Waals surface area (Å²) in [5.41, 5.74) is 1.27. The molecule has 0 atom stereocenters. The van der Waals surface area contributed by atoms with Gasteiger partial charge in [-0.25, -0.2) is 0 Å². The topological polar surface area (TPSA) is 24.5 Å². The molecule has 0 bridgehead atoms. The van der Waals surface area contributed by atoms with Crippen LogP contribution in [-0.2, 0) is 6.54 Å². The van der Waals surface area contributed by atoms with Crippen molar-refractivity contribution < 1.29 is 4.74 Å². The summed E-state index contributed by atoms with van der Waals surface area (Å²) in [5, 5.41) is 3.32. The van der Waals surface area contributed by atoms with Crippen molar-refractivity contribution in [1.82, 2.24) is 10.2 Å². The third-order valence-corrected chi connectivity index (χ3v) is 3.75. The molecule has 0 aromatic heterocycles. The zero-order valence-electron chi connectivity index (χ0n) is 12.2. The van der Waals surface area contributed by atoms with Crippen LogP contribution in [0.1, 0.15) is 26.3 Å². The van der Waals surface area contributed by atoms with Crippen molar-refractivity contribution in [2.75, 3.05) is 32.8 Å². The minimum Gasteiger partial charge on any atom is -0.491 e. The number of nitrogens with zero attached hydrogens (tertiary/aromatic N) is 1. The van der Waals surface area contributed by atoms with Crippen LogP contribution < -0.4 is 10.1 Å². The van der Waals surface area contributed by atoms with Gasteiger partial charge in [0.1, 0.15) is 12.4 Å². The molecule has 0 aliphatic rings. The van der Waals surface area contributed by atoms with E-state index in [9.17, 15) is 0 Å². The Balaban J connectivity index is 2.46. The van der Waals surface area contributed by atoms with E-state index in [1.807, 2.05) is 6.07 Å². The molecule has 1 rings (SSSR count). The fraction of sp³-hybridized carbons (Fsp3) is 0.600. The number of ether oxygens (including phenoxy) is 1. The Labute approximate surface area is 125 Å². The van der Waals surface area contributed by atoms with Gasteiger partial charge in [0.05, 0.1) is 4.47 Å². The lowest BCUT2D eigenvalue weighted by atomic mass is 10.2. The van der Waals surface area contributed by atoms with Crippen LogP contribution in [0.4, 0.5) is 0 Å². The second-order valence-corrected chi connectivity index (χ2v) is 5.27. The van der Waals surface area contributed by atoms with Crippen molar-refractivity contribution in [3.8, 4) is 5.75 Å². The van der Waals surface area contributed by atoms with Gasteiger partial charge in [-0.1, -0.05) is 26.8 Å². The van der Waals surface area contributed by atoms with Crippen molar-refractivity contribution in [2.24, 2.45) is 0 Å². The van der Waals surface area contributed by atoms with Gasteiger partial charge in [-0.3, -0.25) is 0 Å². The maximum Gasteiger partial charge on any atom is 0.133 e. The van der Waals surface area contributed by atoms with Gasteiger partial charge in [-0.15, -0.1) is 0 Å². The van der Waals surface area contributed by atoms with E-state index in [0.29, 0.717) is 0 Å². The number of nitrogens with one attached hydrogen (secondary N) is 1. The predicted molar refractivity (Wildman–Crippen MR) is 84.8 cm³/mol. The number of likely N-dealkylation sites (N-methyl/N-ethyl adjacent to an activating group) is 1. The van der Waals surface area contributed by atoms with E-state index in [-0.39, 0.29) is 0 Å². The molecular formula is C15H25BrN2O. The maximum absolute atomic E-state index is 5.82. The van der Waals surface area contributed by atoms with Crippen LogP contribution in [0.5, 0.6) is 5.75 Å². The smallest absolute Gasteiger partial charge is 0.133 e. The minimum atomic E-state index is 0.729. The first-order valence-electron chi connectivity index (χ1n) is 7.05. The molecular weight excluding hydrogens is 304 g/mol. The van der Waals surface area contributed by atoms with Crippen LogP contribution in [0.2, 0.25) is 0 Å². The standard InChI is InChI=1S/C15H25BrN2O/c1-4-17-12-13-7-8-15(14(16)11-13)19-10-9-18(5-2)6-3/h7-8,11,17H,4-6,9-10,12H2,1-3H3. The monoisotopic (exact) mass is 328 g/mol. The van der Waals surface area contributed by atoms with Gasteiger partial charge in [0.15, 0.2) is 0 Å². The highest BCUT2D eigenvalue weighted by Crippen LogP contribution is 2.26. The second kappa shape index (κ2) is 9.34. The SMILES string of the molecule is CCNCc1ccc(OCCN(CC)CC)c(Br)c1. The third-order valence-electron chi connectivity index (χ3n) is 3.13. The van der Waals surface area contributed by atoms with Crippen LogP contribution in [0, 0.1) is 0 Å². The Hall–Kier alpha value is -0.580. The summed E-state index contributed by atoms with van der Waals surface area (Å²) in [4.78, 5) is 2.35. The first-order chi connectivity index (χ1) is 9.21. The second-order valence-electron chi connectivity index (χ2n) is 4.42. The van der Waals surface area contributed by atoms with Crippen molar-refractivity contribution in [2.45, 2.75) is 27.3 Å². The van der Waals surface area contributed by atoms with Crippen LogP contribution in [-0.4, -0.2) is 37.7 Å². The van der Waals surface area contributed by atoms with Crippen LogP contribution in [0.25, 0.3) is 0 Å². The largest absolute Gasteiger partial charge is 0.491 e. The zero-order valence-corrected chi connectivity index (χ0v) is 13.8. The van der Waals surface area contributed by atoms with Gasteiger partial charge < -0.3 is 15.0 Å². The van der Waals surface area contributed by atoms with Crippen LogP contribution in [0.15, 0.2) is 22.7 Å². The molecule has 0 heterocycles. The molecule has 0 aliphatic heterocycles. The maximum atomic E-state index is 5.82. The van der Waals surface area contributed by atoms with Gasteiger partial charge in [-0.2, -0.15) is 0 Å². The molecule has 0 unspecified atom stereocenters. The minimum absolute atomic E-state index is 0.729. The molecule has 0 amide bonds. The lowest BCUT2D eigenvalue weighted by Gasteiger charge is -2.18. The van der Waals surface area contributed by atoms with Crippen LogP contribution >= 0.6 is 15.9 Å². The van der Waals surface area contributed by atoms with E-state index in [4.69, 9.17) is 4.74 Å². The Kier molecular flexibility index (Phi) is 8.10. The van der Waals surface area contributed by atoms with E-state index in [1.165, 1.54) is 5.56 Å². The molecule has 4 heteroatoms. The molecule has 0 fully saturated rings. The fourth-order valence-corrected chi connectivity index (χ4v) is 2.41. The lowest BCUT2D eigenvalue weighted by molar-refractivity contribution is 0.222. The quantitative estimate of drug-likeness (QED) is 0.752. The Morgan fingerprint density at radius 3 is 2.53 bits per heavy atom. The predicted octanol–water partition coefficient (Wildman–Crippen LogP) is 3.28. The zero-order chi connectivity index (χ0) is 14.1. The van der Waals surface area contributed by atoms with E-state index in [0.717, 1.165) is 49.6 Å². The van der Waals surface area contributed by atoms with E-state index < -0.39 is 0 Å². The van der Waals surface area contributed by atoms with Gasteiger partial charge >= 0.3 is 0 Å². The van der Waals surface area contributed by atoms with Gasteiger partial charge in [-0.05, 0) is 53.3 Å². The molecule has 1 aromatic carbocycles. The molecule has 0 spiro atoms. The van der Waals surface area contributed by atoms with Gasteiger partial charge in [0.2, 0.25) is 0 Å². The fourth-order valence-electron chi connectivity index (χ4n) is 1.87. The molecule has 0 saturated carbocycles. The Morgan fingerprint density at radius 1 is 1.21 bits per heavy atom. The normalized spacial score (nSPS) is 11.0. The summed E-state index contributed by atoms with van der Waals surface area (Å²) >= 11 is 3.57. The van der Waals surface area contributed by atoms with Gasteiger partial charge in [0, 0.05) is 13.1 Å². The van der Waals surface area contributed by atoms with E-state index in [1.54, 1.807) is 0 Å². The highest BCUT2D eigenvalue weighted by molar-refractivity contribution is 9.10. The van der Waals surface area contributed by atoms with Crippen molar-refractivity contribution in [3.05, 3.63) is 28.2 Å². The van der Waals surface area contributed by atoms with Gasteiger partial charge in [0.25, 0.3) is 0 Å². The number of hydrogen-bond donors (Lipinski definition) is 1. The molecule has 3 nitrogen and oxygen atoms in total. The summed E-state index contributed by atoms with van der Waals surface area (Å²) in [5.74, 6) is 0.924. The molecule has 1 aromatic rings. The van der Waals surface area contributed by atoms with Crippen LogP contribution in [0.3, 0.4) is 0 Å². The molecule has 1 N–H and O–H groups in total. The summed E-state index contributed by atoms with van der Waals surface area (Å²) in [6, 6.07) is 6.27.